The Morgan fingerprint density at radius 3 is 2.76 bits per heavy atom. The Morgan fingerprint density at radius 2 is 1.97 bits per heavy atom. The minimum atomic E-state index is -3.29. The Hall–Kier alpha value is -2.11. The maximum absolute atomic E-state index is 13.5. The number of thiophene rings is 1. The van der Waals surface area contributed by atoms with E-state index in [-0.39, 0.29) is 17.9 Å². The highest BCUT2D eigenvalue weighted by atomic mass is 35.5. The van der Waals surface area contributed by atoms with Crippen LogP contribution in [-0.2, 0) is 23.3 Å². The zero-order valence-corrected chi connectivity index (χ0v) is 24.5. The van der Waals surface area contributed by atoms with E-state index < -0.39 is 15.1 Å². The quantitative estimate of drug-likeness (QED) is 0.297. The zero-order chi connectivity index (χ0) is 26.9. The Labute approximate surface area is 239 Å². The number of nitrogens with zero attached hydrogens (tertiary/aromatic N) is 5. The van der Waals surface area contributed by atoms with Gasteiger partial charge in [0.2, 0.25) is 0 Å². The van der Waals surface area contributed by atoms with E-state index >= 15 is 0 Å². The molecule has 8 nitrogen and oxygen atoms in total. The molecule has 1 aromatic carbocycles. The van der Waals surface area contributed by atoms with Gasteiger partial charge in [-0.25, -0.2) is 13.1 Å². The average Bonchev–Trinajstić information content (AvgIpc) is 3.67. The number of aromatic nitrogens is 4. The lowest BCUT2D eigenvalue weighted by atomic mass is 10.0. The molecule has 5 heterocycles. The molecule has 0 radical (unpaired) electrons. The Balaban J connectivity index is 1.18. The molecule has 200 valence electrons. The third-order valence-electron chi connectivity index (χ3n) is 7.69. The predicted octanol–water partition coefficient (Wildman–Crippen LogP) is 5.65. The highest BCUT2D eigenvalue weighted by molar-refractivity contribution is 7.94. The van der Waals surface area contributed by atoms with Crippen LogP contribution < -0.4 is 0 Å². The highest BCUT2D eigenvalue weighted by Crippen LogP contribution is 2.41. The third kappa shape index (κ3) is 4.16. The number of hydrogen-bond donors (Lipinski definition) is 0. The van der Waals surface area contributed by atoms with Crippen molar-refractivity contribution in [2.75, 3.05) is 13.1 Å². The largest absolute Gasteiger partial charge is 0.338 e. The minimum absolute atomic E-state index is 0.132. The van der Waals surface area contributed by atoms with E-state index in [0.29, 0.717) is 56.3 Å². The van der Waals surface area contributed by atoms with Crippen molar-refractivity contribution >= 4 is 72.8 Å². The van der Waals surface area contributed by atoms with Gasteiger partial charge in [0.25, 0.3) is 5.91 Å². The van der Waals surface area contributed by atoms with Crippen molar-refractivity contribution in [2.24, 2.45) is 13.0 Å². The fourth-order valence-corrected chi connectivity index (χ4v) is 9.39. The van der Waals surface area contributed by atoms with Crippen LogP contribution in [0.5, 0.6) is 0 Å². The number of halogens is 3. The number of sulfone groups is 1. The van der Waals surface area contributed by atoms with Crippen molar-refractivity contribution < 1.29 is 13.2 Å². The molecule has 3 atom stereocenters. The molecule has 2 aliphatic rings. The average molecular weight is 613 g/mol. The van der Waals surface area contributed by atoms with Crippen molar-refractivity contribution in [2.45, 2.75) is 41.7 Å². The molecule has 0 saturated carbocycles. The molecule has 2 aliphatic heterocycles. The monoisotopic (exact) mass is 611 g/mol. The van der Waals surface area contributed by atoms with E-state index in [0.717, 1.165) is 23.2 Å². The molecule has 38 heavy (non-hydrogen) atoms. The standard InChI is InChI=1S/C25H24Cl3N5O3S2/c1-13-7-21(16-4-6-37-25(16)38(13,35)36)33-12-15(29-30-33)8-14-3-5-32(11-14)24(34)22-17-9-18(26)19(27)10-20(17)31(2)23(22)28/h4,6,9-10,12-14,21H,3,5,7-8,11H2,1-2H3/t13-,14?,21-/m0/s1. The van der Waals surface area contributed by atoms with Crippen molar-refractivity contribution in [3.63, 3.8) is 0 Å². The Morgan fingerprint density at radius 1 is 1.21 bits per heavy atom. The van der Waals surface area contributed by atoms with Crippen molar-refractivity contribution in [1.29, 1.82) is 0 Å². The molecule has 6 rings (SSSR count). The van der Waals surface area contributed by atoms with Gasteiger partial charge in [0, 0.05) is 37.3 Å². The SMILES string of the molecule is C[C@H]1C[C@H](n2cc(CC3CCN(C(=O)c4c(Cl)n(C)c5cc(Cl)c(Cl)cc45)C3)nn2)c2ccsc2S1(=O)=O. The lowest BCUT2D eigenvalue weighted by molar-refractivity contribution is 0.0789. The van der Waals surface area contributed by atoms with Crippen LogP contribution in [0.3, 0.4) is 0 Å². The summed E-state index contributed by atoms with van der Waals surface area (Å²) in [5.74, 6) is 0.0887. The number of likely N-dealkylation sites (tertiary alicyclic amines) is 1. The van der Waals surface area contributed by atoms with Crippen molar-refractivity contribution in [1.82, 2.24) is 24.5 Å². The van der Waals surface area contributed by atoms with Gasteiger partial charge >= 0.3 is 0 Å². The van der Waals surface area contributed by atoms with Crippen LogP contribution in [0, 0.1) is 5.92 Å². The summed E-state index contributed by atoms with van der Waals surface area (Å²) < 4.78 is 29.4. The Bertz CT molecular complexity index is 1690. The molecule has 0 spiro atoms. The van der Waals surface area contributed by atoms with Gasteiger partial charge in [-0.2, -0.15) is 0 Å². The number of aryl methyl sites for hydroxylation is 1. The topological polar surface area (TPSA) is 90.1 Å². The van der Waals surface area contributed by atoms with Crippen LogP contribution in [0.25, 0.3) is 10.9 Å². The summed E-state index contributed by atoms with van der Waals surface area (Å²) in [6.07, 6.45) is 3.88. The summed E-state index contributed by atoms with van der Waals surface area (Å²) in [6, 6.07) is 5.13. The number of amides is 1. The van der Waals surface area contributed by atoms with E-state index in [1.165, 1.54) is 11.3 Å². The number of carbonyl (C=O) groups excluding carboxylic acids is 1. The van der Waals surface area contributed by atoms with E-state index in [1.807, 2.05) is 22.5 Å². The number of benzene rings is 1. The second-order valence-electron chi connectivity index (χ2n) is 10.1. The third-order valence-corrected chi connectivity index (χ3v) is 12.6. The van der Waals surface area contributed by atoms with Crippen LogP contribution >= 0.6 is 46.1 Å². The van der Waals surface area contributed by atoms with Gasteiger partial charge in [-0.3, -0.25) is 4.79 Å². The molecule has 4 aromatic rings. The Kier molecular flexibility index (Phi) is 6.54. The molecule has 1 amide bonds. The van der Waals surface area contributed by atoms with Crippen LogP contribution in [0.2, 0.25) is 15.2 Å². The zero-order valence-electron chi connectivity index (χ0n) is 20.6. The van der Waals surface area contributed by atoms with Gasteiger partial charge in [0.05, 0.1) is 38.1 Å². The van der Waals surface area contributed by atoms with Gasteiger partial charge in [-0.15, -0.1) is 16.4 Å². The summed E-state index contributed by atoms with van der Waals surface area (Å²) in [5.41, 5.74) is 2.79. The lowest BCUT2D eigenvalue weighted by Gasteiger charge is -2.27. The van der Waals surface area contributed by atoms with Crippen LogP contribution in [0.4, 0.5) is 0 Å². The van der Waals surface area contributed by atoms with Gasteiger partial charge in [0.1, 0.15) is 9.36 Å². The van der Waals surface area contributed by atoms with Gasteiger partial charge in [-0.1, -0.05) is 40.0 Å². The maximum atomic E-state index is 13.5. The smallest absolute Gasteiger partial charge is 0.257 e. The molecule has 0 bridgehead atoms. The first-order chi connectivity index (χ1) is 18.1. The number of fused-ring (bicyclic) bond motifs is 2. The molecule has 1 unspecified atom stereocenters. The molecular weight excluding hydrogens is 589 g/mol. The van der Waals surface area contributed by atoms with E-state index in [4.69, 9.17) is 34.8 Å². The summed E-state index contributed by atoms with van der Waals surface area (Å²) in [7, 11) is -1.50. The second kappa shape index (κ2) is 9.52. The molecule has 1 saturated heterocycles. The minimum Gasteiger partial charge on any atom is -0.338 e. The summed E-state index contributed by atoms with van der Waals surface area (Å²) in [6.45, 7) is 2.94. The van der Waals surface area contributed by atoms with Gasteiger partial charge < -0.3 is 9.47 Å². The van der Waals surface area contributed by atoms with Gasteiger partial charge in [-0.05, 0) is 55.7 Å². The lowest BCUT2D eigenvalue weighted by Crippen LogP contribution is -2.29. The first-order valence-corrected chi connectivity index (χ1v) is 15.8. The highest BCUT2D eigenvalue weighted by Gasteiger charge is 2.39. The first kappa shape index (κ1) is 26.1. The van der Waals surface area contributed by atoms with Crippen LogP contribution in [0.1, 0.15) is 47.4 Å². The fraction of sp³-hybridized carbons (Fsp3) is 0.400. The number of hydrogen-bond acceptors (Lipinski definition) is 6. The van der Waals surface area contributed by atoms with E-state index in [2.05, 4.69) is 10.3 Å². The fourth-order valence-electron chi connectivity index (χ4n) is 5.58. The molecule has 0 N–H and O–H groups in total. The van der Waals surface area contributed by atoms with E-state index in [1.54, 1.807) is 35.4 Å². The van der Waals surface area contributed by atoms with Crippen LogP contribution in [0.15, 0.2) is 34.0 Å². The predicted molar refractivity (Wildman–Crippen MR) is 149 cm³/mol. The van der Waals surface area contributed by atoms with Crippen LogP contribution in [-0.4, -0.2) is 57.1 Å². The molecule has 13 heteroatoms. The van der Waals surface area contributed by atoms with E-state index in [9.17, 15) is 13.2 Å². The normalized spacial score (nSPS) is 22.8. The summed E-state index contributed by atoms with van der Waals surface area (Å²) in [4.78, 5) is 15.4. The molecule has 0 aliphatic carbocycles. The summed E-state index contributed by atoms with van der Waals surface area (Å²) >= 11 is 20.3. The number of rotatable bonds is 4. The van der Waals surface area contributed by atoms with Crippen molar-refractivity contribution in [3.8, 4) is 0 Å². The maximum Gasteiger partial charge on any atom is 0.257 e. The summed E-state index contributed by atoms with van der Waals surface area (Å²) in [5, 5.41) is 11.9. The molecule has 3 aromatic heterocycles. The van der Waals surface area contributed by atoms with Gasteiger partial charge in [0.15, 0.2) is 9.84 Å². The van der Waals surface area contributed by atoms with Crippen molar-refractivity contribution in [3.05, 3.63) is 61.8 Å². The number of carbonyl (C=O) groups is 1. The molecule has 1 fully saturated rings. The second-order valence-corrected chi connectivity index (χ2v) is 14.7. The first-order valence-electron chi connectivity index (χ1n) is 12.2. The molecular formula is C25H24Cl3N5O3S2.